The summed E-state index contributed by atoms with van der Waals surface area (Å²) in [5.74, 6) is 0. The van der Waals surface area contributed by atoms with Crippen LogP contribution in [0.1, 0.15) is 6.92 Å². The van der Waals surface area contributed by atoms with Crippen molar-refractivity contribution in [3.63, 3.8) is 0 Å². The van der Waals surface area contributed by atoms with Gasteiger partial charge in [0.25, 0.3) is 5.56 Å². The summed E-state index contributed by atoms with van der Waals surface area (Å²) in [7, 11) is 3.79. The summed E-state index contributed by atoms with van der Waals surface area (Å²) < 4.78 is 2.59. The van der Waals surface area contributed by atoms with Crippen LogP contribution < -0.4 is 10.5 Å². The largest absolute Gasteiger partial charge is 0.354 e. The molecule has 0 radical (unpaired) electrons. The smallest absolute Gasteiger partial charge is 0.274 e. The quantitative estimate of drug-likeness (QED) is 0.829. The van der Waals surface area contributed by atoms with Crippen LogP contribution >= 0.6 is 23.6 Å². The Labute approximate surface area is 101 Å². The highest BCUT2D eigenvalue weighted by molar-refractivity contribution is 7.71. The van der Waals surface area contributed by atoms with Crippen LogP contribution in [0.2, 0.25) is 0 Å². The third kappa shape index (κ3) is 1.65. The topological polar surface area (TPSA) is 53.9 Å². The molecule has 0 spiro atoms. The Morgan fingerprint density at radius 2 is 2.25 bits per heavy atom. The van der Waals surface area contributed by atoms with Gasteiger partial charge in [0.05, 0.1) is 0 Å². The van der Waals surface area contributed by atoms with Crippen molar-refractivity contribution in [2.45, 2.75) is 13.5 Å². The fourth-order valence-corrected chi connectivity index (χ4v) is 2.60. The maximum atomic E-state index is 12.0. The number of thiazole rings is 1. The molecule has 2 heterocycles. The van der Waals surface area contributed by atoms with E-state index in [0.29, 0.717) is 21.7 Å². The van der Waals surface area contributed by atoms with Gasteiger partial charge in [0, 0.05) is 20.6 Å². The Bertz CT molecular complexity index is 637. The molecule has 7 heteroatoms. The van der Waals surface area contributed by atoms with Gasteiger partial charge in [0.2, 0.25) is 0 Å². The summed E-state index contributed by atoms with van der Waals surface area (Å²) in [5, 5.41) is 0.798. The van der Waals surface area contributed by atoms with Gasteiger partial charge in [-0.1, -0.05) is 11.3 Å². The Morgan fingerprint density at radius 3 is 2.81 bits per heavy atom. The number of aromatic amines is 1. The molecule has 0 saturated heterocycles. The number of nitrogens with zero attached hydrogens (tertiary/aromatic N) is 3. The van der Waals surface area contributed by atoms with Gasteiger partial charge in [-0.2, -0.15) is 0 Å². The standard InChI is InChI=1S/C9H12N4OS2/c1-4-13-7(14)5-6(10-8(13)15)11-9(16-5)12(2)3/h4H2,1-3H3,(H,10,15). The fraction of sp³-hybridized carbons (Fsp3) is 0.444. The van der Waals surface area contributed by atoms with E-state index in [1.54, 1.807) is 0 Å². The lowest BCUT2D eigenvalue weighted by Gasteiger charge is -2.04. The first-order valence-corrected chi connectivity index (χ1v) is 6.08. The molecule has 0 aliphatic carbocycles. The highest BCUT2D eigenvalue weighted by Gasteiger charge is 2.11. The third-order valence-corrected chi connectivity index (χ3v) is 3.76. The zero-order valence-corrected chi connectivity index (χ0v) is 10.9. The summed E-state index contributed by atoms with van der Waals surface area (Å²) in [6.07, 6.45) is 0. The predicted octanol–water partition coefficient (Wildman–Crippen LogP) is 1.60. The monoisotopic (exact) mass is 256 g/mol. The molecule has 86 valence electrons. The maximum absolute atomic E-state index is 12.0. The molecule has 0 fully saturated rings. The van der Waals surface area contributed by atoms with E-state index in [4.69, 9.17) is 12.2 Å². The number of H-pyrrole nitrogens is 1. The number of aromatic nitrogens is 3. The van der Waals surface area contributed by atoms with Crippen molar-refractivity contribution in [1.82, 2.24) is 14.5 Å². The van der Waals surface area contributed by atoms with Crippen LogP contribution in [0.25, 0.3) is 10.3 Å². The number of nitrogens with one attached hydrogen (secondary N) is 1. The number of anilines is 1. The van der Waals surface area contributed by atoms with E-state index in [1.165, 1.54) is 15.9 Å². The molecule has 0 atom stereocenters. The lowest BCUT2D eigenvalue weighted by Crippen LogP contribution is -2.20. The van der Waals surface area contributed by atoms with E-state index in [9.17, 15) is 4.79 Å². The first-order chi connectivity index (χ1) is 7.54. The minimum absolute atomic E-state index is 0.0631. The molecule has 0 amide bonds. The fourth-order valence-electron chi connectivity index (χ4n) is 1.40. The van der Waals surface area contributed by atoms with Crippen LogP contribution in [0.3, 0.4) is 0 Å². The third-order valence-electron chi connectivity index (χ3n) is 2.22. The molecule has 2 aromatic heterocycles. The van der Waals surface area contributed by atoms with E-state index in [1.807, 2.05) is 25.9 Å². The van der Waals surface area contributed by atoms with Gasteiger partial charge in [-0.3, -0.25) is 9.36 Å². The van der Waals surface area contributed by atoms with Crippen molar-refractivity contribution in [3.05, 3.63) is 15.1 Å². The minimum atomic E-state index is -0.0631. The first kappa shape index (κ1) is 11.3. The molecule has 0 aliphatic heterocycles. The predicted molar refractivity (Wildman–Crippen MR) is 69.1 cm³/mol. The van der Waals surface area contributed by atoms with E-state index in [0.717, 1.165) is 5.13 Å². The van der Waals surface area contributed by atoms with Crippen molar-refractivity contribution in [2.24, 2.45) is 0 Å². The molecule has 5 nitrogen and oxygen atoms in total. The molecule has 0 unspecified atom stereocenters. The van der Waals surface area contributed by atoms with E-state index in [-0.39, 0.29) is 5.56 Å². The molecule has 0 aliphatic rings. The van der Waals surface area contributed by atoms with Crippen LogP contribution in [0, 0.1) is 4.77 Å². The van der Waals surface area contributed by atoms with Crippen molar-refractivity contribution < 1.29 is 0 Å². The average Bonchev–Trinajstić information content (AvgIpc) is 2.62. The number of fused-ring (bicyclic) bond motifs is 1. The molecule has 2 rings (SSSR count). The molecule has 0 saturated carbocycles. The molecule has 0 bridgehead atoms. The SMILES string of the molecule is CCn1c(=S)[nH]c2nc(N(C)C)sc2c1=O. The van der Waals surface area contributed by atoms with Crippen LogP contribution in [-0.4, -0.2) is 28.6 Å². The first-order valence-electron chi connectivity index (χ1n) is 4.85. The number of hydrogen-bond acceptors (Lipinski definition) is 5. The highest BCUT2D eigenvalue weighted by Crippen LogP contribution is 2.23. The summed E-state index contributed by atoms with van der Waals surface area (Å²) >= 11 is 6.47. The number of hydrogen-bond donors (Lipinski definition) is 1. The molecule has 16 heavy (non-hydrogen) atoms. The lowest BCUT2D eigenvalue weighted by molar-refractivity contribution is 0.705. The maximum Gasteiger partial charge on any atom is 0.274 e. The summed E-state index contributed by atoms with van der Waals surface area (Å²) in [4.78, 5) is 21.2. The van der Waals surface area contributed by atoms with Gasteiger partial charge < -0.3 is 9.88 Å². The molecule has 0 aromatic carbocycles. The summed E-state index contributed by atoms with van der Waals surface area (Å²) in [6.45, 7) is 2.46. The Hall–Kier alpha value is -1.21. The van der Waals surface area contributed by atoms with E-state index >= 15 is 0 Å². The van der Waals surface area contributed by atoms with Gasteiger partial charge in [0.15, 0.2) is 15.5 Å². The summed E-state index contributed by atoms with van der Waals surface area (Å²) in [6, 6.07) is 0. The second-order valence-electron chi connectivity index (χ2n) is 3.55. The minimum Gasteiger partial charge on any atom is -0.354 e. The van der Waals surface area contributed by atoms with Crippen molar-refractivity contribution in [1.29, 1.82) is 0 Å². The van der Waals surface area contributed by atoms with Crippen LogP contribution in [0.15, 0.2) is 4.79 Å². The average molecular weight is 256 g/mol. The Kier molecular flexibility index (Phi) is 2.81. The number of rotatable bonds is 2. The normalized spacial score (nSPS) is 10.9. The van der Waals surface area contributed by atoms with Crippen molar-refractivity contribution >= 4 is 39.0 Å². The zero-order valence-electron chi connectivity index (χ0n) is 9.27. The molecular weight excluding hydrogens is 244 g/mol. The zero-order chi connectivity index (χ0) is 11.9. The van der Waals surface area contributed by atoms with Gasteiger partial charge in [0.1, 0.15) is 4.70 Å². The Balaban J connectivity index is 2.84. The molecule has 2 aromatic rings. The van der Waals surface area contributed by atoms with Crippen LogP contribution in [0.4, 0.5) is 5.13 Å². The molecule has 1 N–H and O–H groups in total. The van der Waals surface area contributed by atoms with Gasteiger partial charge in [-0.15, -0.1) is 0 Å². The second-order valence-corrected chi connectivity index (χ2v) is 4.91. The van der Waals surface area contributed by atoms with Gasteiger partial charge in [-0.25, -0.2) is 4.98 Å². The van der Waals surface area contributed by atoms with E-state index < -0.39 is 0 Å². The lowest BCUT2D eigenvalue weighted by atomic mass is 10.5. The highest BCUT2D eigenvalue weighted by atomic mass is 32.1. The molecular formula is C9H12N4OS2. The van der Waals surface area contributed by atoms with Gasteiger partial charge >= 0.3 is 0 Å². The van der Waals surface area contributed by atoms with E-state index in [2.05, 4.69) is 9.97 Å². The Morgan fingerprint density at radius 1 is 1.56 bits per heavy atom. The van der Waals surface area contributed by atoms with Gasteiger partial charge in [-0.05, 0) is 19.1 Å². The van der Waals surface area contributed by atoms with Crippen molar-refractivity contribution in [2.75, 3.05) is 19.0 Å². The van der Waals surface area contributed by atoms with Crippen LogP contribution in [0.5, 0.6) is 0 Å². The second kappa shape index (κ2) is 3.99. The van der Waals surface area contributed by atoms with Crippen molar-refractivity contribution in [3.8, 4) is 0 Å². The summed E-state index contributed by atoms with van der Waals surface area (Å²) in [5.41, 5.74) is 0.514. The van der Waals surface area contributed by atoms with Crippen LogP contribution in [-0.2, 0) is 6.54 Å².